The van der Waals surface area contributed by atoms with E-state index in [0.717, 1.165) is 6.54 Å². The fourth-order valence-electron chi connectivity index (χ4n) is 4.25. The van der Waals surface area contributed by atoms with Crippen molar-refractivity contribution in [2.75, 3.05) is 19.6 Å². The highest BCUT2D eigenvalue weighted by Crippen LogP contribution is 2.13. The second-order valence-electron chi connectivity index (χ2n) is 9.95. The fraction of sp³-hybridized carbons (Fsp3) is 0.931. The first kappa shape index (κ1) is 29.7. The molecule has 0 saturated carbocycles. The second-order valence-corrected chi connectivity index (χ2v) is 9.95. The minimum absolute atomic E-state index is 1.16. The molecule has 0 aliphatic rings. The molecule has 0 bridgehead atoms. The molecule has 0 aliphatic carbocycles. The Morgan fingerprint density at radius 2 is 0.767 bits per heavy atom. The minimum atomic E-state index is 1.16. The Hall–Kier alpha value is -0.300. The summed E-state index contributed by atoms with van der Waals surface area (Å²) < 4.78 is 0. The van der Waals surface area contributed by atoms with Crippen LogP contribution in [0.25, 0.3) is 0 Å². The third kappa shape index (κ3) is 24.0. The number of hydrogen-bond donors (Lipinski definition) is 0. The monoisotopic (exact) mass is 421 g/mol. The predicted molar refractivity (Wildman–Crippen MR) is 140 cm³/mol. The van der Waals surface area contributed by atoms with Gasteiger partial charge in [0.05, 0.1) is 0 Å². The van der Waals surface area contributed by atoms with E-state index < -0.39 is 0 Å². The molecule has 0 aromatic heterocycles. The molecule has 0 saturated heterocycles. The largest absolute Gasteiger partial charge is 0.300 e. The number of unbranched alkanes of at least 4 members (excludes halogenated alkanes) is 18. The summed E-state index contributed by atoms with van der Waals surface area (Å²) in [6, 6.07) is 0. The van der Waals surface area contributed by atoms with Gasteiger partial charge in [-0.3, -0.25) is 4.90 Å². The van der Waals surface area contributed by atoms with Gasteiger partial charge in [-0.2, -0.15) is 0 Å². The third-order valence-electron chi connectivity index (χ3n) is 6.41. The van der Waals surface area contributed by atoms with Gasteiger partial charge in [0.25, 0.3) is 0 Å². The number of allylic oxidation sites excluding steroid dienone is 1. The molecular formula is C29H59N. The van der Waals surface area contributed by atoms with Crippen LogP contribution in [0.15, 0.2) is 11.6 Å². The first-order chi connectivity index (χ1) is 14.7. The van der Waals surface area contributed by atoms with Crippen LogP contribution in [0.1, 0.15) is 156 Å². The Morgan fingerprint density at radius 1 is 0.467 bits per heavy atom. The van der Waals surface area contributed by atoms with Gasteiger partial charge in [0.15, 0.2) is 0 Å². The lowest BCUT2D eigenvalue weighted by Crippen LogP contribution is -2.26. The number of nitrogens with zero attached hydrogens (tertiary/aromatic N) is 1. The average Bonchev–Trinajstić information content (AvgIpc) is 2.73. The molecular weight excluding hydrogens is 362 g/mol. The van der Waals surface area contributed by atoms with Crippen molar-refractivity contribution in [1.29, 1.82) is 0 Å². The maximum Gasteiger partial charge on any atom is 0.0165 e. The lowest BCUT2D eigenvalue weighted by molar-refractivity contribution is 0.285. The molecule has 0 aromatic rings. The van der Waals surface area contributed by atoms with E-state index >= 15 is 0 Å². The van der Waals surface area contributed by atoms with E-state index in [-0.39, 0.29) is 0 Å². The van der Waals surface area contributed by atoms with Crippen molar-refractivity contribution in [1.82, 2.24) is 4.90 Å². The molecule has 30 heavy (non-hydrogen) atoms. The molecule has 0 atom stereocenters. The first-order valence-corrected chi connectivity index (χ1v) is 14.1. The molecule has 0 heterocycles. The maximum absolute atomic E-state index is 2.71. The molecule has 1 nitrogen and oxygen atoms in total. The summed E-state index contributed by atoms with van der Waals surface area (Å²) in [4.78, 5) is 2.71. The molecule has 0 fully saturated rings. The van der Waals surface area contributed by atoms with Crippen molar-refractivity contribution in [3.63, 3.8) is 0 Å². The van der Waals surface area contributed by atoms with Crippen LogP contribution in [0.3, 0.4) is 0 Å². The summed E-state index contributed by atoms with van der Waals surface area (Å²) in [6.45, 7) is 12.8. The van der Waals surface area contributed by atoms with Gasteiger partial charge in [0.1, 0.15) is 0 Å². The van der Waals surface area contributed by atoms with Crippen molar-refractivity contribution >= 4 is 0 Å². The smallest absolute Gasteiger partial charge is 0.0165 e. The van der Waals surface area contributed by atoms with E-state index in [0.29, 0.717) is 0 Å². The van der Waals surface area contributed by atoms with Crippen molar-refractivity contribution in [2.24, 2.45) is 0 Å². The minimum Gasteiger partial charge on any atom is -0.300 e. The zero-order chi connectivity index (χ0) is 22.1. The highest BCUT2D eigenvalue weighted by Gasteiger charge is 2.03. The topological polar surface area (TPSA) is 3.24 Å². The van der Waals surface area contributed by atoms with Gasteiger partial charge >= 0.3 is 0 Å². The quantitative estimate of drug-likeness (QED) is 0.111. The Balaban J connectivity index is 3.67. The van der Waals surface area contributed by atoms with Crippen LogP contribution < -0.4 is 0 Å². The van der Waals surface area contributed by atoms with Crippen LogP contribution in [0.4, 0.5) is 0 Å². The van der Waals surface area contributed by atoms with Crippen LogP contribution in [-0.4, -0.2) is 24.5 Å². The normalized spacial score (nSPS) is 11.4. The van der Waals surface area contributed by atoms with Gasteiger partial charge in [0.2, 0.25) is 0 Å². The van der Waals surface area contributed by atoms with Crippen LogP contribution in [0.2, 0.25) is 0 Å². The molecule has 0 amide bonds. The SMILES string of the molecule is CCCCCCCCCCCCN(CC=C(C)C)CCCCCCCCCCCC. The van der Waals surface area contributed by atoms with Crippen LogP contribution in [-0.2, 0) is 0 Å². The van der Waals surface area contributed by atoms with Crippen LogP contribution in [0, 0.1) is 0 Å². The van der Waals surface area contributed by atoms with E-state index in [2.05, 4.69) is 38.7 Å². The standard InChI is InChI=1S/C29H59N/c1-5-7-9-11-13-15-17-19-21-23-26-30(28-25-29(3)4)27-24-22-20-18-16-14-12-10-8-6-2/h25H,5-24,26-28H2,1-4H3. The molecule has 0 aromatic carbocycles. The molecule has 0 radical (unpaired) electrons. The van der Waals surface area contributed by atoms with Crippen LogP contribution in [0.5, 0.6) is 0 Å². The molecule has 0 spiro atoms. The van der Waals surface area contributed by atoms with Gasteiger partial charge in [-0.15, -0.1) is 0 Å². The lowest BCUT2D eigenvalue weighted by Gasteiger charge is -2.21. The Kier molecular flexibility index (Phi) is 24.7. The summed E-state index contributed by atoms with van der Waals surface area (Å²) in [6.07, 6.45) is 31.1. The van der Waals surface area contributed by atoms with Gasteiger partial charge < -0.3 is 0 Å². The van der Waals surface area contributed by atoms with Gasteiger partial charge in [-0.25, -0.2) is 0 Å². The molecule has 0 N–H and O–H groups in total. The first-order valence-electron chi connectivity index (χ1n) is 14.1. The summed E-state index contributed by atoms with van der Waals surface area (Å²) in [7, 11) is 0. The second kappa shape index (κ2) is 25.0. The third-order valence-corrected chi connectivity index (χ3v) is 6.41. The maximum atomic E-state index is 2.71. The molecule has 0 aliphatic heterocycles. The van der Waals surface area contributed by atoms with Crippen molar-refractivity contribution < 1.29 is 0 Å². The molecule has 1 heteroatoms. The zero-order valence-corrected chi connectivity index (χ0v) is 21.8. The van der Waals surface area contributed by atoms with Gasteiger partial charge in [-0.05, 0) is 39.8 Å². The number of rotatable bonds is 24. The number of hydrogen-bond acceptors (Lipinski definition) is 1. The van der Waals surface area contributed by atoms with Crippen molar-refractivity contribution in [3.8, 4) is 0 Å². The molecule has 180 valence electrons. The lowest BCUT2D eigenvalue weighted by atomic mass is 10.1. The summed E-state index contributed by atoms with van der Waals surface area (Å²) in [5.74, 6) is 0. The van der Waals surface area contributed by atoms with E-state index in [9.17, 15) is 0 Å². The Morgan fingerprint density at radius 3 is 1.07 bits per heavy atom. The van der Waals surface area contributed by atoms with Crippen LogP contribution >= 0.6 is 0 Å². The van der Waals surface area contributed by atoms with Gasteiger partial charge in [0, 0.05) is 6.54 Å². The Labute approximate surface area is 192 Å². The Bertz CT molecular complexity index is 318. The van der Waals surface area contributed by atoms with Crippen molar-refractivity contribution in [3.05, 3.63) is 11.6 Å². The zero-order valence-electron chi connectivity index (χ0n) is 21.8. The average molecular weight is 422 g/mol. The summed E-state index contributed by atoms with van der Waals surface area (Å²) in [5.41, 5.74) is 1.46. The predicted octanol–water partition coefficient (Wildman–Crippen LogP) is 10.1. The molecule has 0 unspecified atom stereocenters. The van der Waals surface area contributed by atoms with E-state index in [4.69, 9.17) is 0 Å². The van der Waals surface area contributed by atoms with Crippen molar-refractivity contribution in [2.45, 2.75) is 156 Å². The van der Waals surface area contributed by atoms with Gasteiger partial charge in [-0.1, -0.05) is 141 Å². The van der Waals surface area contributed by atoms with E-state index in [1.807, 2.05) is 0 Å². The highest BCUT2D eigenvalue weighted by molar-refractivity contribution is 4.94. The van der Waals surface area contributed by atoms with E-state index in [1.54, 1.807) is 0 Å². The summed E-state index contributed by atoms with van der Waals surface area (Å²) >= 11 is 0. The highest BCUT2D eigenvalue weighted by atomic mass is 15.1. The fourth-order valence-corrected chi connectivity index (χ4v) is 4.25. The molecule has 0 rings (SSSR count). The summed E-state index contributed by atoms with van der Waals surface area (Å²) in [5, 5.41) is 0. The van der Waals surface area contributed by atoms with E-state index in [1.165, 1.54) is 147 Å².